The van der Waals surface area contributed by atoms with Crippen molar-refractivity contribution < 1.29 is 29.0 Å². The van der Waals surface area contributed by atoms with Gasteiger partial charge < -0.3 is 14.6 Å². The number of carboxylic acid groups (broad SMARTS) is 2. The molecule has 1 amide bonds. The van der Waals surface area contributed by atoms with E-state index in [1.54, 1.807) is 12.1 Å². The van der Waals surface area contributed by atoms with Crippen LogP contribution in [0.25, 0.3) is 6.08 Å². The molecular weight excluding hydrogens is 366 g/mol. The number of benzene rings is 1. The molecule has 2 heterocycles. The van der Waals surface area contributed by atoms with Crippen LogP contribution in [0.5, 0.6) is 0 Å². The number of thioether (sulfide) groups is 1. The van der Waals surface area contributed by atoms with E-state index in [2.05, 4.69) is 0 Å². The SMILES string of the molecule is O=C(O)c1cc(C(=O)O)cc(N2C(=O)/C(=C\c3ccco3)SC2=S)c1. The molecule has 2 aromatic rings. The molecule has 0 unspecified atom stereocenters. The maximum absolute atomic E-state index is 12.6. The molecule has 1 fully saturated rings. The first-order valence-electron chi connectivity index (χ1n) is 6.80. The second-order valence-corrected chi connectivity index (χ2v) is 6.59. The quantitative estimate of drug-likeness (QED) is 0.620. The summed E-state index contributed by atoms with van der Waals surface area (Å²) in [6, 6.07) is 6.76. The second kappa shape index (κ2) is 6.54. The van der Waals surface area contributed by atoms with E-state index in [9.17, 15) is 14.4 Å². The molecule has 1 aromatic carbocycles. The van der Waals surface area contributed by atoms with Crippen molar-refractivity contribution in [2.45, 2.75) is 0 Å². The van der Waals surface area contributed by atoms with Crippen molar-refractivity contribution in [2.75, 3.05) is 4.90 Å². The molecule has 0 spiro atoms. The third-order valence-electron chi connectivity index (χ3n) is 3.28. The lowest BCUT2D eigenvalue weighted by Crippen LogP contribution is -2.28. The van der Waals surface area contributed by atoms with Crippen molar-refractivity contribution in [1.29, 1.82) is 0 Å². The molecule has 0 saturated carbocycles. The van der Waals surface area contributed by atoms with Gasteiger partial charge >= 0.3 is 11.9 Å². The summed E-state index contributed by atoms with van der Waals surface area (Å²) < 4.78 is 5.33. The van der Waals surface area contributed by atoms with Crippen molar-refractivity contribution in [3.63, 3.8) is 0 Å². The number of carbonyl (C=O) groups is 3. The molecule has 25 heavy (non-hydrogen) atoms. The predicted octanol–water partition coefficient (Wildman–Crippen LogP) is 3.08. The van der Waals surface area contributed by atoms with Gasteiger partial charge in [0.25, 0.3) is 5.91 Å². The van der Waals surface area contributed by atoms with E-state index in [1.807, 2.05) is 0 Å². The summed E-state index contributed by atoms with van der Waals surface area (Å²) in [6.07, 6.45) is 2.97. The van der Waals surface area contributed by atoms with Gasteiger partial charge in [0.1, 0.15) is 5.76 Å². The maximum Gasteiger partial charge on any atom is 0.335 e. The molecule has 0 aliphatic carbocycles. The van der Waals surface area contributed by atoms with Gasteiger partial charge in [0.05, 0.1) is 28.0 Å². The van der Waals surface area contributed by atoms with Crippen molar-refractivity contribution in [3.8, 4) is 0 Å². The van der Waals surface area contributed by atoms with E-state index in [4.69, 9.17) is 26.8 Å². The largest absolute Gasteiger partial charge is 0.478 e. The molecule has 1 saturated heterocycles. The topological polar surface area (TPSA) is 108 Å². The highest BCUT2D eigenvalue weighted by atomic mass is 32.2. The van der Waals surface area contributed by atoms with Crippen LogP contribution in [0, 0.1) is 0 Å². The number of furan rings is 1. The number of thiocarbonyl (C=S) groups is 1. The van der Waals surface area contributed by atoms with E-state index in [0.29, 0.717) is 5.76 Å². The van der Waals surface area contributed by atoms with Crippen LogP contribution in [0.1, 0.15) is 26.5 Å². The van der Waals surface area contributed by atoms with Gasteiger partial charge in [-0.25, -0.2) is 9.59 Å². The highest BCUT2D eigenvalue weighted by Crippen LogP contribution is 2.36. The van der Waals surface area contributed by atoms with Gasteiger partial charge in [0, 0.05) is 6.08 Å². The summed E-state index contributed by atoms with van der Waals surface area (Å²) in [5.74, 6) is -2.63. The van der Waals surface area contributed by atoms with E-state index < -0.39 is 17.8 Å². The van der Waals surface area contributed by atoms with Crippen LogP contribution in [0.3, 0.4) is 0 Å². The van der Waals surface area contributed by atoms with Gasteiger partial charge in [-0.15, -0.1) is 0 Å². The van der Waals surface area contributed by atoms with Crippen LogP contribution >= 0.6 is 24.0 Å². The first kappa shape index (κ1) is 16.9. The molecule has 1 aliphatic rings. The Morgan fingerprint density at radius 2 is 1.80 bits per heavy atom. The number of anilines is 1. The Morgan fingerprint density at radius 3 is 2.32 bits per heavy atom. The van der Waals surface area contributed by atoms with Crippen LogP contribution in [-0.2, 0) is 4.79 Å². The van der Waals surface area contributed by atoms with Gasteiger partial charge in [0.15, 0.2) is 4.32 Å². The van der Waals surface area contributed by atoms with Crippen molar-refractivity contribution in [3.05, 3.63) is 58.4 Å². The zero-order valence-corrected chi connectivity index (χ0v) is 14.0. The minimum absolute atomic E-state index is 0.0858. The number of rotatable bonds is 4. The summed E-state index contributed by atoms with van der Waals surface area (Å²) in [7, 11) is 0. The summed E-state index contributed by atoms with van der Waals surface area (Å²) in [4.78, 5) is 36.5. The highest BCUT2D eigenvalue weighted by Gasteiger charge is 2.34. The van der Waals surface area contributed by atoms with E-state index in [1.165, 1.54) is 24.5 Å². The molecular formula is C16H9NO6S2. The number of nitrogens with zero attached hydrogens (tertiary/aromatic N) is 1. The van der Waals surface area contributed by atoms with Gasteiger partial charge in [-0.1, -0.05) is 24.0 Å². The molecule has 0 atom stereocenters. The van der Waals surface area contributed by atoms with E-state index >= 15 is 0 Å². The minimum atomic E-state index is -1.30. The molecule has 2 N–H and O–H groups in total. The number of hydrogen-bond donors (Lipinski definition) is 2. The van der Waals surface area contributed by atoms with Crippen LogP contribution in [-0.4, -0.2) is 32.4 Å². The van der Waals surface area contributed by atoms with Gasteiger partial charge in [-0.2, -0.15) is 0 Å². The molecule has 1 aliphatic heterocycles. The zero-order chi connectivity index (χ0) is 18.1. The Bertz CT molecular complexity index is 900. The standard InChI is InChI=1S/C16H9NO6S2/c18-13-12(7-11-2-1-3-23-11)25-16(24)17(13)10-5-8(14(19)20)4-9(6-10)15(21)22/h1-7H,(H,19,20)(H,21,22)/b12-7+. The smallest absolute Gasteiger partial charge is 0.335 e. The monoisotopic (exact) mass is 375 g/mol. The number of amides is 1. The fraction of sp³-hybridized carbons (Fsp3) is 0. The lowest BCUT2D eigenvalue weighted by molar-refractivity contribution is -0.113. The van der Waals surface area contributed by atoms with Crippen LogP contribution in [0.15, 0.2) is 45.9 Å². The molecule has 0 radical (unpaired) electrons. The maximum atomic E-state index is 12.6. The van der Waals surface area contributed by atoms with Gasteiger partial charge in [-0.3, -0.25) is 9.69 Å². The lowest BCUT2D eigenvalue weighted by Gasteiger charge is -2.16. The van der Waals surface area contributed by atoms with E-state index in [0.717, 1.165) is 22.7 Å². The lowest BCUT2D eigenvalue weighted by atomic mass is 10.1. The van der Waals surface area contributed by atoms with Crippen molar-refractivity contribution in [2.24, 2.45) is 0 Å². The molecule has 3 rings (SSSR count). The summed E-state index contributed by atoms with van der Waals surface area (Å²) in [5.41, 5.74) is -0.416. The molecule has 7 nitrogen and oxygen atoms in total. The van der Waals surface area contributed by atoms with Crippen LogP contribution < -0.4 is 4.90 Å². The molecule has 0 bridgehead atoms. The fourth-order valence-corrected chi connectivity index (χ4v) is 3.46. The fourth-order valence-electron chi connectivity index (χ4n) is 2.18. The number of hydrogen-bond acceptors (Lipinski definition) is 6. The normalized spacial score (nSPS) is 15.8. The molecule has 1 aromatic heterocycles. The zero-order valence-electron chi connectivity index (χ0n) is 12.3. The Hall–Kier alpha value is -2.91. The highest BCUT2D eigenvalue weighted by molar-refractivity contribution is 8.27. The van der Waals surface area contributed by atoms with Crippen molar-refractivity contribution >= 4 is 57.9 Å². The third-order valence-corrected chi connectivity index (χ3v) is 4.58. The Labute approximate surface area is 150 Å². The summed E-state index contributed by atoms with van der Waals surface area (Å²) >= 11 is 6.21. The van der Waals surface area contributed by atoms with Gasteiger partial charge in [0.2, 0.25) is 0 Å². The number of carboxylic acids is 2. The summed E-state index contributed by atoms with van der Waals surface area (Å²) in [5, 5.41) is 18.3. The average Bonchev–Trinajstić information content (AvgIpc) is 3.16. The molecule has 9 heteroatoms. The Balaban J connectivity index is 2.04. The van der Waals surface area contributed by atoms with Crippen LogP contribution in [0.4, 0.5) is 5.69 Å². The number of aromatic carboxylic acids is 2. The van der Waals surface area contributed by atoms with Crippen LogP contribution in [0.2, 0.25) is 0 Å². The van der Waals surface area contributed by atoms with E-state index in [-0.39, 0.29) is 26.0 Å². The predicted molar refractivity (Wildman–Crippen MR) is 94.7 cm³/mol. The van der Waals surface area contributed by atoms with Crippen molar-refractivity contribution in [1.82, 2.24) is 0 Å². The Kier molecular flexibility index (Phi) is 4.43. The first-order valence-corrected chi connectivity index (χ1v) is 8.02. The summed E-state index contributed by atoms with van der Waals surface area (Å²) in [6.45, 7) is 0. The third kappa shape index (κ3) is 3.32. The second-order valence-electron chi connectivity index (χ2n) is 4.91. The number of carbonyl (C=O) groups excluding carboxylic acids is 1. The minimum Gasteiger partial charge on any atom is -0.478 e. The van der Waals surface area contributed by atoms with Gasteiger partial charge in [-0.05, 0) is 30.3 Å². The first-order chi connectivity index (χ1) is 11.9. The molecule has 126 valence electrons. The Morgan fingerprint density at radius 1 is 1.16 bits per heavy atom. The average molecular weight is 375 g/mol.